The van der Waals surface area contributed by atoms with Gasteiger partial charge in [0.15, 0.2) is 5.16 Å². The molecule has 18 heavy (non-hydrogen) atoms. The zero-order chi connectivity index (χ0) is 13.0. The van der Waals surface area contributed by atoms with Crippen molar-refractivity contribution in [2.75, 3.05) is 6.54 Å². The van der Waals surface area contributed by atoms with E-state index in [0.29, 0.717) is 6.54 Å². The minimum Gasteiger partial charge on any atom is -0.329 e. The lowest BCUT2D eigenvalue weighted by Crippen LogP contribution is -2.10. The largest absolute Gasteiger partial charge is 0.329 e. The van der Waals surface area contributed by atoms with Crippen molar-refractivity contribution in [2.24, 2.45) is 5.73 Å². The standard InChI is InChI=1S/C13H16N4S/c1-9-7-10(2)17-13(16-9)18-12(8-14)11-3-5-15-6-4-11/h3-7,12H,8,14H2,1-2H3. The summed E-state index contributed by atoms with van der Waals surface area (Å²) in [5, 5.41) is 0.939. The van der Waals surface area contributed by atoms with Crippen LogP contribution in [-0.2, 0) is 0 Å². The van der Waals surface area contributed by atoms with E-state index in [1.54, 1.807) is 24.2 Å². The van der Waals surface area contributed by atoms with Gasteiger partial charge >= 0.3 is 0 Å². The SMILES string of the molecule is Cc1cc(C)nc(SC(CN)c2ccncc2)n1. The highest BCUT2D eigenvalue weighted by atomic mass is 32.2. The van der Waals surface area contributed by atoms with Gasteiger partial charge in [-0.25, -0.2) is 9.97 Å². The smallest absolute Gasteiger partial charge is 0.188 e. The monoisotopic (exact) mass is 260 g/mol. The maximum Gasteiger partial charge on any atom is 0.188 e. The van der Waals surface area contributed by atoms with Crippen molar-refractivity contribution in [3.63, 3.8) is 0 Å². The average molecular weight is 260 g/mol. The van der Waals surface area contributed by atoms with Crippen molar-refractivity contribution < 1.29 is 0 Å². The minimum atomic E-state index is 0.161. The lowest BCUT2D eigenvalue weighted by atomic mass is 10.2. The zero-order valence-electron chi connectivity index (χ0n) is 10.5. The number of rotatable bonds is 4. The molecule has 0 aromatic carbocycles. The molecule has 0 aliphatic heterocycles. The Morgan fingerprint density at radius 1 is 1.17 bits per heavy atom. The molecule has 0 bridgehead atoms. The van der Waals surface area contributed by atoms with Gasteiger partial charge in [0.1, 0.15) is 0 Å². The number of nitrogens with zero attached hydrogens (tertiary/aromatic N) is 3. The van der Waals surface area contributed by atoms with Crippen LogP contribution in [0.5, 0.6) is 0 Å². The Hall–Kier alpha value is -1.46. The first kappa shape index (κ1) is 13.0. The van der Waals surface area contributed by atoms with E-state index in [2.05, 4.69) is 15.0 Å². The van der Waals surface area contributed by atoms with Crippen LogP contribution in [0, 0.1) is 13.8 Å². The third-order valence-corrected chi connectivity index (χ3v) is 3.64. The van der Waals surface area contributed by atoms with Gasteiger partial charge in [0.2, 0.25) is 0 Å². The molecular formula is C13H16N4S. The minimum absolute atomic E-state index is 0.161. The maximum atomic E-state index is 5.83. The van der Waals surface area contributed by atoms with Crippen LogP contribution in [0.15, 0.2) is 35.7 Å². The molecule has 2 aromatic rings. The van der Waals surface area contributed by atoms with Crippen molar-refractivity contribution in [2.45, 2.75) is 24.3 Å². The number of nitrogens with two attached hydrogens (primary N) is 1. The molecule has 0 saturated carbocycles. The van der Waals surface area contributed by atoms with Crippen molar-refractivity contribution in [3.8, 4) is 0 Å². The first-order chi connectivity index (χ1) is 8.69. The fraction of sp³-hybridized carbons (Fsp3) is 0.308. The van der Waals surface area contributed by atoms with Gasteiger partial charge in [0.25, 0.3) is 0 Å². The Labute approximate surface area is 111 Å². The molecule has 4 nitrogen and oxygen atoms in total. The van der Waals surface area contributed by atoms with Crippen molar-refractivity contribution in [1.82, 2.24) is 15.0 Å². The summed E-state index contributed by atoms with van der Waals surface area (Å²) in [4.78, 5) is 12.9. The van der Waals surface area contributed by atoms with Gasteiger partial charge < -0.3 is 5.73 Å². The molecule has 1 unspecified atom stereocenters. The van der Waals surface area contributed by atoms with E-state index in [0.717, 1.165) is 22.1 Å². The van der Waals surface area contributed by atoms with Crippen LogP contribution >= 0.6 is 11.8 Å². The number of pyridine rings is 1. The normalized spacial score (nSPS) is 12.4. The molecule has 0 radical (unpaired) electrons. The molecule has 2 N–H and O–H groups in total. The molecule has 0 spiro atoms. The number of thioether (sulfide) groups is 1. The Morgan fingerprint density at radius 2 is 1.78 bits per heavy atom. The molecule has 0 fully saturated rings. The predicted molar refractivity (Wildman–Crippen MR) is 73.4 cm³/mol. The van der Waals surface area contributed by atoms with E-state index in [-0.39, 0.29) is 5.25 Å². The molecule has 94 valence electrons. The van der Waals surface area contributed by atoms with Gasteiger partial charge in [-0.3, -0.25) is 4.98 Å². The summed E-state index contributed by atoms with van der Waals surface area (Å²) >= 11 is 1.60. The van der Waals surface area contributed by atoms with Gasteiger partial charge in [-0.1, -0.05) is 11.8 Å². The highest BCUT2D eigenvalue weighted by Gasteiger charge is 2.13. The Morgan fingerprint density at radius 3 is 2.33 bits per heavy atom. The van der Waals surface area contributed by atoms with Crippen LogP contribution in [0.1, 0.15) is 22.2 Å². The summed E-state index contributed by atoms with van der Waals surface area (Å²) in [5.41, 5.74) is 8.95. The van der Waals surface area contributed by atoms with Crippen LogP contribution in [0.2, 0.25) is 0 Å². The molecular weight excluding hydrogens is 244 g/mol. The van der Waals surface area contributed by atoms with E-state index in [1.165, 1.54) is 0 Å². The van der Waals surface area contributed by atoms with E-state index >= 15 is 0 Å². The van der Waals surface area contributed by atoms with Gasteiger partial charge in [-0.05, 0) is 37.6 Å². The van der Waals surface area contributed by atoms with Crippen LogP contribution < -0.4 is 5.73 Å². The molecule has 5 heteroatoms. The average Bonchev–Trinajstić information content (AvgIpc) is 2.36. The third kappa shape index (κ3) is 3.27. The number of hydrogen-bond acceptors (Lipinski definition) is 5. The summed E-state index contributed by atoms with van der Waals surface area (Å²) in [6.45, 7) is 4.50. The van der Waals surface area contributed by atoms with Gasteiger partial charge in [-0.2, -0.15) is 0 Å². The fourth-order valence-electron chi connectivity index (χ4n) is 1.70. The second-order valence-electron chi connectivity index (χ2n) is 4.06. The number of hydrogen-bond donors (Lipinski definition) is 1. The van der Waals surface area contributed by atoms with E-state index in [9.17, 15) is 0 Å². The third-order valence-electron chi connectivity index (χ3n) is 2.50. The summed E-state index contributed by atoms with van der Waals surface area (Å²) < 4.78 is 0. The second-order valence-corrected chi connectivity index (χ2v) is 5.23. The first-order valence-corrected chi connectivity index (χ1v) is 6.66. The second kappa shape index (κ2) is 5.93. The molecule has 2 aromatic heterocycles. The van der Waals surface area contributed by atoms with Crippen molar-refractivity contribution >= 4 is 11.8 Å². The predicted octanol–water partition coefficient (Wildman–Crippen LogP) is 2.28. The summed E-state index contributed by atoms with van der Waals surface area (Å²) in [7, 11) is 0. The summed E-state index contributed by atoms with van der Waals surface area (Å²) in [6.07, 6.45) is 3.56. The molecule has 2 heterocycles. The van der Waals surface area contributed by atoms with Gasteiger partial charge in [0, 0.05) is 35.6 Å². The molecule has 0 aliphatic rings. The number of aromatic nitrogens is 3. The Kier molecular flexibility index (Phi) is 4.28. The Balaban J connectivity index is 2.20. The van der Waals surface area contributed by atoms with Crippen LogP contribution in [0.25, 0.3) is 0 Å². The summed E-state index contributed by atoms with van der Waals surface area (Å²) in [6, 6.07) is 5.92. The van der Waals surface area contributed by atoms with Crippen LogP contribution in [-0.4, -0.2) is 21.5 Å². The van der Waals surface area contributed by atoms with Crippen LogP contribution in [0.3, 0.4) is 0 Å². The van der Waals surface area contributed by atoms with E-state index in [1.807, 2.05) is 32.0 Å². The molecule has 2 rings (SSSR count). The molecule has 1 atom stereocenters. The molecule has 0 saturated heterocycles. The van der Waals surface area contributed by atoms with Crippen molar-refractivity contribution in [3.05, 3.63) is 47.5 Å². The van der Waals surface area contributed by atoms with E-state index in [4.69, 9.17) is 5.73 Å². The fourth-order valence-corrected chi connectivity index (χ4v) is 2.74. The van der Waals surface area contributed by atoms with Crippen molar-refractivity contribution in [1.29, 1.82) is 0 Å². The lowest BCUT2D eigenvalue weighted by Gasteiger charge is -2.13. The van der Waals surface area contributed by atoms with E-state index < -0.39 is 0 Å². The highest BCUT2D eigenvalue weighted by Crippen LogP contribution is 2.32. The highest BCUT2D eigenvalue weighted by molar-refractivity contribution is 7.99. The maximum absolute atomic E-state index is 5.83. The summed E-state index contributed by atoms with van der Waals surface area (Å²) in [5.74, 6) is 0. The van der Waals surface area contributed by atoms with Gasteiger partial charge in [0.05, 0.1) is 0 Å². The van der Waals surface area contributed by atoms with Crippen LogP contribution in [0.4, 0.5) is 0 Å². The first-order valence-electron chi connectivity index (χ1n) is 5.78. The Bertz CT molecular complexity index is 495. The van der Waals surface area contributed by atoms with Gasteiger partial charge in [-0.15, -0.1) is 0 Å². The number of aryl methyl sites for hydroxylation is 2. The lowest BCUT2D eigenvalue weighted by molar-refractivity contribution is 0.877. The molecule has 0 aliphatic carbocycles. The quantitative estimate of drug-likeness (QED) is 0.675. The topological polar surface area (TPSA) is 64.7 Å². The zero-order valence-corrected chi connectivity index (χ0v) is 11.3. The molecule has 0 amide bonds.